The molecule has 12 heteroatoms. The van der Waals surface area contributed by atoms with Crippen LogP contribution in [0.1, 0.15) is 0 Å². The Hall–Kier alpha value is -3.35. The van der Waals surface area contributed by atoms with Crippen molar-refractivity contribution < 1.29 is 4.79 Å². The third kappa shape index (κ3) is 6.51. The summed E-state index contributed by atoms with van der Waals surface area (Å²) in [5.41, 5.74) is 2.35. The number of nitrogens with one attached hydrogen (secondary N) is 2. The van der Waals surface area contributed by atoms with Crippen molar-refractivity contribution in [1.82, 2.24) is 24.8 Å². The molecule has 0 unspecified atom stereocenters. The Morgan fingerprint density at radius 2 is 1.78 bits per heavy atom. The average molecular weight is 596 g/mol. The number of halogens is 1. The first-order chi connectivity index (χ1) is 18.0. The molecule has 2 N–H and O–H groups in total. The number of rotatable bonds is 6. The Bertz CT molecular complexity index is 1420. The molecule has 188 valence electrons. The van der Waals surface area contributed by atoms with Gasteiger partial charge in [0.05, 0.1) is 11.3 Å². The summed E-state index contributed by atoms with van der Waals surface area (Å²) in [6.45, 7) is 3.10. The summed E-state index contributed by atoms with van der Waals surface area (Å²) in [5.74, 6) is 1.50. The minimum Gasteiger partial charge on any atom is -0.354 e. The SMILES string of the molecule is O=C(CSC(=S)N1CCN(c2ncccn2)CC1)Nc1ccc2ncnc(Nc3cccc(Br)c3)c2c1. The number of piperazine rings is 1. The van der Waals surface area contributed by atoms with Crippen molar-refractivity contribution in [1.29, 1.82) is 0 Å². The first kappa shape index (κ1) is 25.3. The van der Waals surface area contributed by atoms with E-state index in [0.717, 1.165) is 57.5 Å². The molecule has 0 saturated carbocycles. The molecular weight excluding hydrogens is 572 g/mol. The van der Waals surface area contributed by atoms with E-state index >= 15 is 0 Å². The van der Waals surface area contributed by atoms with Gasteiger partial charge in [-0.15, -0.1) is 0 Å². The van der Waals surface area contributed by atoms with Gasteiger partial charge in [-0.1, -0.05) is 46.0 Å². The number of anilines is 4. The molecule has 0 atom stereocenters. The van der Waals surface area contributed by atoms with Crippen LogP contribution in [0.4, 0.5) is 23.1 Å². The van der Waals surface area contributed by atoms with Crippen LogP contribution in [-0.2, 0) is 4.79 Å². The van der Waals surface area contributed by atoms with Gasteiger partial charge in [-0.3, -0.25) is 4.79 Å². The summed E-state index contributed by atoms with van der Waals surface area (Å²) in [5, 5.41) is 7.10. The molecule has 9 nitrogen and oxygen atoms in total. The van der Waals surface area contributed by atoms with Crippen molar-refractivity contribution in [2.45, 2.75) is 0 Å². The van der Waals surface area contributed by atoms with E-state index in [-0.39, 0.29) is 11.7 Å². The molecule has 2 aromatic carbocycles. The average Bonchev–Trinajstić information content (AvgIpc) is 2.93. The number of carbonyl (C=O) groups excluding carboxylic acids is 1. The molecule has 1 amide bonds. The van der Waals surface area contributed by atoms with E-state index in [9.17, 15) is 4.79 Å². The maximum Gasteiger partial charge on any atom is 0.234 e. The Morgan fingerprint density at radius 3 is 2.57 bits per heavy atom. The predicted octanol–water partition coefficient (Wildman–Crippen LogP) is 4.70. The van der Waals surface area contributed by atoms with Gasteiger partial charge in [0, 0.05) is 59.8 Å². The first-order valence-corrected chi connectivity index (χ1v) is 13.7. The van der Waals surface area contributed by atoms with Crippen LogP contribution < -0.4 is 15.5 Å². The van der Waals surface area contributed by atoms with E-state index in [1.807, 2.05) is 48.5 Å². The van der Waals surface area contributed by atoms with Gasteiger partial charge in [0.1, 0.15) is 16.5 Å². The highest BCUT2D eigenvalue weighted by Gasteiger charge is 2.21. The van der Waals surface area contributed by atoms with Crippen molar-refractivity contribution in [2.24, 2.45) is 0 Å². The van der Waals surface area contributed by atoms with E-state index in [2.05, 4.69) is 56.3 Å². The number of amides is 1. The zero-order valence-corrected chi connectivity index (χ0v) is 22.9. The Morgan fingerprint density at radius 1 is 0.973 bits per heavy atom. The maximum atomic E-state index is 12.7. The molecule has 0 aliphatic carbocycles. The quantitative estimate of drug-likeness (QED) is 0.305. The minimum absolute atomic E-state index is 0.124. The summed E-state index contributed by atoms with van der Waals surface area (Å²) in [7, 11) is 0. The van der Waals surface area contributed by atoms with Crippen LogP contribution in [0.15, 0.2) is 71.7 Å². The zero-order chi connectivity index (χ0) is 25.6. The van der Waals surface area contributed by atoms with Gasteiger partial charge >= 0.3 is 0 Å². The highest BCUT2D eigenvalue weighted by atomic mass is 79.9. The number of aromatic nitrogens is 4. The standard InChI is InChI=1S/C25H23BrN8OS2/c26-17-3-1-4-18(13-17)32-23-20-14-19(5-6-21(20)29-16-30-23)31-22(35)15-37-25(36)34-11-9-33(10-12-34)24-27-7-2-8-28-24/h1-8,13-14,16H,9-12,15H2,(H,31,35)(H,29,30,32). The van der Waals surface area contributed by atoms with E-state index in [4.69, 9.17) is 12.2 Å². The molecule has 3 heterocycles. The molecular formula is C25H23BrN8OS2. The Labute approximate surface area is 232 Å². The minimum atomic E-state index is -0.124. The number of hydrogen-bond acceptors (Lipinski definition) is 9. The Balaban J connectivity index is 1.16. The molecule has 1 saturated heterocycles. The number of carbonyl (C=O) groups is 1. The summed E-state index contributed by atoms with van der Waals surface area (Å²) < 4.78 is 1.68. The van der Waals surface area contributed by atoms with Crippen LogP contribution in [0.3, 0.4) is 0 Å². The molecule has 37 heavy (non-hydrogen) atoms. The molecule has 0 bridgehead atoms. The third-order valence-corrected chi connectivity index (χ3v) is 7.72. The second-order valence-electron chi connectivity index (χ2n) is 8.22. The summed E-state index contributed by atoms with van der Waals surface area (Å²) >= 11 is 10.5. The van der Waals surface area contributed by atoms with Crippen molar-refractivity contribution >= 4 is 84.2 Å². The third-order valence-electron chi connectivity index (χ3n) is 5.71. The molecule has 1 fully saturated rings. The van der Waals surface area contributed by atoms with Crippen molar-refractivity contribution in [3.05, 3.63) is 71.7 Å². The Kier molecular flexibility index (Phi) is 8.07. The molecule has 5 rings (SSSR count). The monoisotopic (exact) mass is 594 g/mol. The highest BCUT2D eigenvalue weighted by Crippen LogP contribution is 2.27. The molecule has 2 aromatic heterocycles. The lowest BCUT2D eigenvalue weighted by molar-refractivity contribution is -0.113. The van der Waals surface area contributed by atoms with Gasteiger partial charge in [-0.05, 0) is 42.5 Å². The van der Waals surface area contributed by atoms with Crippen LogP contribution in [0.5, 0.6) is 0 Å². The smallest absolute Gasteiger partial charge is 0.234 e. The number of thioether (sulfide) groups is 1. The largest absolute Gasteiger partial charge is 0.354 e. The first-order valence-electron chi connectivity index (χ1n) is 11.6. The number of nitrogens with zero attached hydrogens (tertiary/aromatic N) is 6. The van der Waals surface area contributed by atoms with E-state index < -0.39 is 0 Å². The van der Waals surface area contributed by atoms with Crippen molar-refractivity contribution in [3.63, 3.8) is 0 Å². The van der Waals surface area contributed by atoms with E-state index in [0.29, 0.717) is 11.5 Å². The highest BCUT2D eigenvalue weighted by molar-refractivity contribution is 9.10. The molecule has 1 aliphatic rings. The van der Waals surface area contributed by atoms with Gasteiger partial charge in [0.2, 0.25) is 11.9 Å². The van der Waals surface area contributed by atoms with Crippen LogP contribution in [0.25, 0.3) is 10.9 Å². The van der Waals surface area contributed by atoms with Gasteiger partial charge in [-0.2, -0.15) is 0 Å². The van der Waals surface area contributed by atoms with Crippen LogP contribution >= 0.6 is 39.9 Å². The number of thiocarbonyl (C=S) groups is 1. The fourth-order valence-corrected chi connectivity index (χ4v) is 5.35. The fourth-order valence-electron chi connectivity index (χ4n) is 3.90. The fraction of sp³-hybridized carbons (Fsp3) is 0.200. The maximum absolute atomic E-state index is 12.7. The topological polar surface area (TPSA) is 99.2 Å². The molecule has 0 spiro atoms. The molecule has 4 aromatic rings. The molecule has 1 aliphatic heterocycles. The lowest BCUT2D eigenvalue weighted by Gasteiger charge is -2.35. The number of benzene rings is 2. The van der Waals surface area contributed by atoms with Gasteiger partial charge in [0.15, 0.2) is 0 Å². The summed E-state index contributed by atoms with van der Waals surface area (Å²) in [6, 6.07) is 15.2. The van der Waals surface area contributed by atoms with E-state index in [1.54, 1.807) is 12.4 Å². The lowest BCUT2D eigenvalue weighted by atomic mass is 10.2. The summed E-state index contributed by atoms with van der Waals surface area (Å²) in [6.07, 6.45) is 5.01. The van der Waals surface area contributed by atoms with E-state index in [1.165, 1.54) is 18.1 Å². The number of fused-ring (bicyclic) bond motifs is 1. The summed E-state index contributed by atoms with van der Waals surface area (Å²) in [4.78, 5) is 34.3. The second-order valence-corrected chi connectivity index (χ2v) is 10.7. The lowest BCUT2D eigenvalue weighted by Crippen LogP contribution is -2.48. The zero-order valence-electron chi connectivity index (χ0n) is 19.7. The van der Waals surface area contributed by atoms with Crippen LogP contribution in [-0.4, -0.2) is 67.0 Å². The normalized spacial score (nSPS) is 13.4. The van der Waals surface area contributed by atoms with Crippen LogP contribution in [0, 0.1) is 0 Å². The van der Waals surface area contributed by atoms with Gasteiger partial charge < -0.3 is 20.4 Å². The second kappa shape index (κ2) is 11.8. The van der Waals surface area contributed by atoms with Gasteiger partial charge in [-0.25, -0.2) is 19.9 Å². The number of hydrogen-bond donors (Lipinski definition) is 2. The molecule has 0 radical (unpaired) electrons. The van der Waals surface area contributed by atoms with Crippen LogP contribution in [0.2, 0.25) is 0 Å². The van der Waals surface area contributed by atoms with Crippen molar-refractivity contribution in [3.8, 4) is 0 Å². The predicted molar refractivity (Wildman–Crippen MR) is 156 cm³/mol. The van der Waals surface area contributed by atoms with Crippen molar-refractivity contribution in [2.75, 3.05) is 47.5 Å². The van der Waals surface area contributed by atoms with Gasteiger partial charge in [0.25, 0.3) is 0 Å².